The number of aryl methyl sites for hydroxylation is 1. The molecule has 1 unspecified atom stereocenters. The molecule has 0 bridgehead atoms. The highest BCUT2D eigenvalue weighted by atomic mass is 15.2. The third-order valence-electron chi connectivity index (χ3n) is 3.85. The molecule has 0 aliphatic carbocycles. The van der Waals surface area contributed by atoms with Crippen LogP contribution in [0, 0.1) is 5.92 Å². The van der Waals surface area contributed by atoms with Crippen molar-refractivity contribution in [2.75, 3.05) is 23.8 Å². The lowest BCUT2D eigenvalue weighted by molar-refractivity contribution is 0.489. The monoisotopic (exact) mass is 262 g/mol. The minimum Gasteiger partial charge on any atom is -0.373 e. The van der Waals surface area contributed by atoms with E-state index in [-0.39, 0.29) is 0 Å². The Balaban J connectivity index is 2.29. The number of hydrogen-bond donors (Lipinski definition) is 1. The van der Waals surface area contributed by atoms with Gasteiger partial charge in [0.2, 0.25) is 0 Å². The molecule has 1 aromatic heterocycles. The molecular formula is C15H26N4. The third kappa shape index (κ3) is 3.17. The molecule has 1 aromatic rings. The molecule has 1 N–H and O–H groups in total. The van der Waals surface area contributed by atoms with Crippen molar-refractivity contribution in [1.82, 2.24) is 9.97 Å². The molecule has 4 nitrogen and oxygen atoms in total. The molecule has 1 fully saturated rings. The Kier molecular flexibility index (Phi) is 4.61. The van der Waals surface area contributed by atoms with Gasteiger partial charge in [0.05, 0.1) is 0 Å². The first-order valence-electron chi connectivity index (χ1n) is 7.48. The van der Waals surface area contributed by atoms with Crippen molar-refractivity contribution >= 4 is 11.6 Å². The number of aromatic nitrogens is 2. The maximum Gasteiger partial charge on any atom is 0.134 e. The topological polar surface area (TPSA) is 41.1 Å². The predicted octanol–water partition coefficient (Wildman–Crippen LogP) is 3.10. The van der Waals surface area contributed by atoms with Crippen LogP contribution in [-0.4, -0.2) is 29.6 Å². The van der Waals surface area contributed by atoms with Crippen LogP contribution in [0.3, 0.4) is 0 Å². The lowest BCUT2D eigenvalue weighted by Crippen LogP contribution is -2.34. The Bertz CT molecular complexity index is 417. The molecule has 106 valence electrons. The van der Waals surface area contributed by atoms with Gasteiger partial charge in [-0.1, -0.05) is 20.8 Å². The summed E-state index contributed by atoms with van der Waals surface area (Å²) in [5.74, 6) is 3.66. The summed E-state index contributed by atoms with van der Waals surface area (Å²) in [6.45, 7) is 7.89. The Morgan fingerprint density at radius 2 is 2.21 bits per heavy atom. The van der Waals surface area contributed by atoms with E-state index >= 15 is 0 Å². The molecular weight excluding hydrogens is 236 g/mol. The molecule has 1 saturated heterocycles. The van der Waals surface area contributed by atoms with Gasteiger partial charge in [-0.25, -0.2) is 9.97 Å². The second-order valence-electron chi connectivity index (χ2n) is 5.67. The smallest absolute Gasteiger partial charge is 0.134 e. The summed E-state index contributed by atoms with van der Waals surface area (Å²) in [7, 11) is 1.92. The maximum atomic E-state index is 4.76. The van der Waals surface area contributed by atoms with Crippen LogP contribution in [0.25, 0.3) is 0 Å². The van der Waals surface area contributed by atoms with E-state index in [0.717, 1.165) is 36.8 Å². The SMILES string of the molecule is CCCc1nc(NC)cc(N2CCCC2C(C)C)n1. The quantitative estimate of drug-likeness (QED) is 0.885. The number of nitrogens with one attached hydrogen (secondary N) is 1. The van der Waals surface area contributed by atoms with Crippen molar-refractivity contribution < 1.29 is 0 Å². The molecule has 0 saturated carbocycles. The molecule has 0 spiro atoms. The standard InChI is InChI=1S/C15H26N4/c1-5-7-13-17-14(16-4)10-15(18-13)19-9-6-8-12(19)11(2)3/h10-12H,5-9H2,1-4H3,(H,16,17,18). The highest BCUT2D eigenvalue weighted by molar-refractivity contribution is 5.50. The normalized spacial score (nSPS) is 19.2. The summed E-state index contributed by atoms with van der Waals surface area (Å²) in [6.07, 6.45) is 4.58. The van der Waals surface area contributed by atoms with E-state index in [9.17, 15) is 0 Å². The molecule has 19 heavy (non-hydrogen) atoms. The lowest BCUT2D eigenvalue weighted by Gasteiger charge is -2.29. The van der Waals surface area contributed by atoms with Crippen molar-refractivity contribution in [3.63, 3.8) is 0 Å². The van der Waals surface area contributed by atoms with Gasteiger partial charge in [-0.05, 0) is 25.2 Å². The van der Waals surface area contributed by atoms with E-state index < -0.39 is 0 Å². The van der Waals surface area contributed by atoms with E-state index in [0.29, 0.717) is 12.0 Å². The first-order valence-corrected chi connectivity index (χ1v) is 7.48. The van der Waals surface area contributed by atoms with Gasteiger partial charge < -0.3 is 10.2 Å². The van der Waals surface area contributed by atoms with Gasteiger partial charge in [0.1, 0.15) is 17.5 Å². The van der Waals surface area contributed by atoms with Gasteiger partial charge in [-0.3, -0.25) is 0 Å². The molecule has 0 aromatic carbocycles. The summed E-state index contributed by atoms with van der Waals surface area (Å²) >= 11 is 0. The first-order chi connectivity index (χ1) is 9.15. The number of rotatable bonds is 5. The van der Waals surface area contributed by atoms with Gasteiger partial charge in [0, 0.05) is 32.1 Å². The molecule has 4 heteroatoms. The number of hydrogen-bond acceptors (Lipinski definition) is 4. The van der Waals surface area contributed by atoms with Crippen LogP contribution in [0.4, 0.5) is 11.6 Å². The maximum absolute atomic E-state index is 4.76. The largest absolute Gasteiger partial charge is 0.373 e. The van der Waals surface area contributed by atoms with Gasteiger partial charge in [0.15, 0.2) is 0 Å². The summed E-state index contributed by atoms with van der Waals surface area (Å²) < 4.78 is 0. The zero-order valence-electron chi connectivity index (χ0n) is 12.6. The summed E-state index contributed by atoms with van der Waals surface area (Å²) in [5, 5.41) is 3.16. The van der Waals surface area contributed by atoms with Crippen LogP contribution >= 0.6 is 0 Å². The average molecular weight is 262 g/mol. The Labute approximate surface area is 116 Å². The molecule has 0 radical (unpaired) electrons. The molecule has 0 amide bonds. The van der Waals surface area contributed by atoms with Crippen LogP contribution in [0.2, 0.25) is 0 Å². The van der Waals surface area contributed by atoms with Crippen LogP contribution in [-0.2, 0) is 6.42 Å². The highest BCUT2D eigenvalue weighted by Gasteiger charge is 2.28. The number of anilines is 2. The zero-order chi connectivity index (χ0) is 13.8. The summed E-state index contributed by atoms with van der Waals surface area (Å²) in [4.78, 5) is 11.8. The van der Waals surface area contributed by atoms with Gasteiger partial charge in [-0.15, -0.1) is 0 Å². The fourth-order valence-corrected chi connectivity index (χ4v) is 2.86. The van der Waals surface area contributed by atoms with E-state index in [1.807, 2.05) is 7.05 Å². The molecule has 1 aliphatic heterocycles. The van der Waals surface area contributed by atoms with Crippen LogP contribution in [0.5, 0.6) is 0 Å². The Hall–Kier alpha value is -1.32. The molecule has 2 heterocycles. The van der Waals surface area contributed by atoms with Crippen LogP contribution < -0.4 is 10.2 Å². The van der Waals surface area contributed by atoms with Crippen molar-refractivity contribution in [3.8, 4) is 0 Å². The van der Waals surface area contributed by atoms with Crippen LogP contribution in [0.15, 0.2) is 6.07 Å². The fourth-order valence-electron chi connectivity index (χ4n) is 2.86. The third-order valence-corrected chi connectivity index (χ3v) is 3.85. The molecule has 1 aliphatic rings. The Morgan fingerprint density at radius 1 is 1.42 bits per heavy atom. The van der Waals surface area contributed by atoms with Crippen molar-refractivity contribution in [2.24, 2.45) is 5.92 Å². The second-order valence-corrected chi connectivity index (χ2v) is 5.67. The minimum absolute atomic E-state index is 0.620. The van der Waals surface area contributed by atoms with Gasteiger partial charge >= 0.3 is 0 Å². The van der Waals surface area contributed by atoms with Crippen molar-refractivity contribution in [2.45, 2.75) is 52.5 Å². The van der Waals surface area contributed by atoms with E-state index in [4.69, 9.17) is 4.98 Å². The van der Waals surface area contributed by atoms with Gasteiger partial charge in [-0.2, -0.15) is 0 Å². The average Bonchev–Trinajstić information content (AvgIpc) is 2.88. The molecule has 2 rings (SSSR count). The summed E-state index contributed by atoms with van der Waals surface area (Å²) in [5.41, 5.74) is 0. The lowest BCUT2D eigenvalue weighted by atomic mass is 10.0. The van der Waals surface area contributed by atoms with E-state index in [2.05, 4.69) is 42.0 Å². The molecule has 1 atom stereocenters. The summed E-state index contributed by atoms with van der Waals surface area (Å²) in [6, 6.07) is 2.70. The van der Waals surface area contributed by atoms with Crippen molar-refractivity contribution in [3.05, 3.63) is 11.9 Å². The van der Waals surface area contributed by atoms with Crippen LogP contribution in [0.1, 0.15) is 45.9 Å². The van der Waals surface area contributed by atoms with Crippen molar-refractivity contribution in [1.29, 1.82) is 0 Å². The van der Waals surface area contributed by atoms with E-state index in [1.54, 1.807) is 0 Å². The number of nitrogens with zero attached hydrogens (tertiary/aromatic N) is 3. The zero-order valence-corrected chi connectivity index (χ0v) is 12.6. The second kappa shape index (κ2) is 6.22. The predicted molar refractivity (Wildman–Crippen MR) is 80.8 cm³/mol. The van der Waals surface area contributed by atoms with E-state index in [1.165, 1.54) is 12.8 Å². The minimum atomic E-state index is 0.620. The van der Waals surface area contributed by atoms with Gasteiger partial charge in [0.25, 0.3) is 0 Å². The fraction of sp³-hybridized carbons (Fsp3) is 0.733. The first kappa shape index (κ1) is 14.1. The highest BCUT2D eigenvalue weighted by Crippen LogP contribution is 2.29. The Morgan fingerprint density at radius 3 is 2.84 bits per heavy atom.